The summed E-state index contributed by atoms with van der Waals surface area (Å²) in [5, 5.41) is 2.87. The first-order chi connectivity index (χ1) is 16.3. The van der Waals surface area contributed by atoms with Crippen LogP contribution in [0.5, 0.6) is 11.5 Å². The largest absolute Gasteiger partial charge is 0.490 e. The van der Waals surface area contributed by atoms with E-state index in [1.807, 2.05) is 32.0 Å². The van der Waals surface area contributed by atoms with Crippen LogP contribution < -0.4 is 19.5 Å². The van der Waals surface area contributed by atoms with Crippen molar-refractivity contribution >= 4 is 15.9 Å². The van der Waals surface area contributed by atoms with E-state index in [1.165, 1.54) is 18.4 Å². The van der Waals surface area contributed by atoms with Gasteiger partial charge in [-0.15, -0.1) is 0 Å². The summed E-state index contributed by atoms with van der Waals surface area (Å²) >= 11 is 0. The summed E-state index contributed by atoms with van der Waals surface area (Å²) in [6.07, 6.45) is 2.06. The minimum Gasteiger partial charge on any atom is -0.490 e. The molecular formula is C25H30N2O6S. The Morgan fingerprint density at radius 3 is 2.47 bits per heavy atom. The van der Waals surface area contributed by atoms with Crippen LogP contribution in [0.1, 0.15) is 41.1 Å². The smallest absolute Gasteiger partial charge is 0.251 e. The molecule has 9 heteroatoms. The molecule has 0 radical (unpaired) electrons. The van der Waals surface area contributed by atoms with Gasteiger partial charge in [0.05, 0.1) is 30.9 Å². The van der Waals surface area contributed by atoms with Crippen LogP contribution in [0.4, 0.5) is 0 Å². The number of aryl methyl sites for hydroxylation is 1. The molecule has 8 nitrogen and oxygen atoms in total. The molecule has 0 spiro atoms. The number of hydrogen-bond donors (Lipinski definition) is 2. The van der Waals surface area contributed by atoms with E-state index in [0.717, 1.165) is 5.56 Å². The number of carbonyl (C=O) groups excluding carboxylic acids is 1. The molecule has 0 aliphatic heterocycles. The number of rotatable bonds is 12. The van der Waals surface area contributed by atoms with Crippen molar-refractivity contribution in [2.75, 3.05) is 19.8 Å². The highest BCUT2D eigenvalue weighted by atomic mass is 32.2. The van der Waals surface area contributed by atoms with Gasteiger partial charge in [-0.25, -0.2) is 13.1 Å². The highest BCUT2D eigenvalue weighted by molar-refractivity contribution is 7.89. The average molecular weight is 487 g/mol. The second kappa shape index (κ2) is 11.7. The first-order valence-corrected chi connectivity index (χ1v) is 12.6. The number of nitrogens with one attached hydrogen (secondary N) is 2. The molecule has 0 bridgehead atoms. The Labute approximate surface area is 200 Å². The van der Waals surface area contributed by atoms with Crippen LogP contribution in [0.2, 0.25) is 0 Å². The Morgan fingerprint density at radius 2 is 1.76 bits per heavy atom. The summed E-state index contributed by atoms with van der Waals surface area (Å²) in [5.41, 5.74) is 1.98. The zero-order valence-corrected chi connectivity index (χ0v) is 20.4. The Kier molecular flexibility index (Phi) is 8.72. The quantitative estimate of drug-likeness (QED) is 0.403. The topological polar surface area (TPSA) is 107 Å². The minimum atomic E-state index is -3.81. The molecule has 2 aromatic carbocycles. The lowest BCUT2D eigenvalue weighted by Crippen LogP contribution is -2.27. The molecule has 0 aliphatic rings. The Bertz CT molecular complexity index is 1210. The second-order valence-corrected chi connectivity index (χ2v) is 9.30. The molecule has 182 valence electrons. The van der Waals surface area contributed by atoms with Crippen LogP contribution in [-0.2, 0) is 23.0 Å². The van der Waals surface area contributed by atoms with Crippen molar-refractivity contribution in [2.24, 2.45) is 0 Å². The molecule has 3 aromatic rings. The van der Waals surface area contributed by atoms with Crippen LogP contribution in [-0.4, -0.2) is 34.1 Å². The van der Waals surface area contributed by atoms with E-state index < -0.39 is 10.0 Å². The van der Waals surface area contributed by atoms with Gasteiger partial charge in [-0.1, -0.05) is 12.1 Å². The lowest BCUT2D eigenvalue weighted by atomic mass is 10.1. The molecule has 2 N–H and O–H groups in total. The molecule has 34 heavy (non-hydrogen) atoms. The van der Waals surface area contributed by atoms with Crippen LogP contribution in [0, 0.1) is 6.92 Å². The maximum Gasteiger partial charge on any atom is 0.251 e. The van der Waals surface area contributed by atoms with E-state index in [0.29, 0.717) is 54.6 Å². The standard InChI is InChI=1S/C25H30N2O6S/c1-4-31-23-11-9-19(15-24(23)32-5-2)12-13-26-25(28)22-16-21(10-8-18(22)3)34(29,30)27-17-20-7-6-14-33-20/h6-11,14-16,27H,4-5,12-13,17H2,1-3H3,(H,26,28). The van der Waals surface area contributed by atoms with E-state index in [-0.39, 0.29) is 17.3 Å². The van der Waals surface area contributed by atoms with Crippen LogP contribution in [0.3, 0.4) is 0 Å². The van der Waals surface area contributed by atoms with Gasteiger partial charge in [-0.3, -0.25) is 4.79 Å². The van der Waals surface area contributed by atoms with Gasteiger partial charge in [0.1, 0.15) is 5.76 Å². The normalized spacial score (nSPS) is 11.3. The summed E-state index contributed by atoms with van der Waals surface area (Å²) in [6.45, 7) is 7.06. The highest BCUT2D eigenvalue weighted by Gasteiger charge is 2.18. The number of sulfonamides is 1. The monoisotopic (exact) mass is 486 g/mol. The number of ether oxygens (including phenoxy) is 2. The molecule has 1 heterocycles. The summed E-state index contributed by atoms with van der Waals surface area (Å²) < 4.78 is 44.2. The molecule has 0 saturated carbocycles. The van der Waals surface area contributed by atoms with Crippen molar-refractivity contribution in [2.45, 2.75) is 38.6 Å². The lowest BCUT2D eigenvalue weighted by molar-refractivity contribution is 0.0953. The minimum absolute atomic E-state index is 0.0164. The van der Waals surface area contributed by atoms with E-state index in [9.17, 15) is 13.2 Å². The molecule has 0 aliphatic carbocycles. The van der Waals surface area contributed by atoms with Crippen molar-refractivity contribution in [3.8, 4) is 11.5 Å². The molecule has 1 aromatic heterocycles. The molecule has 0 saturated heterocycles. The first kappa shape index (κ1) is 25.3. The van der Waals surface area contributed by atoms with Gasteiger partial charge in [0, 0.05) is 12.1 Å². The van der Waals surface area contributed by atoms with Gasteiger partial charge in [0.15, 0.2) is 11.5 Å². The van der Waals surface area contributed by atoms with Crippen molar-refractivity contribution in [1.29, 1.82) is 0 Å². The highest BCUT2D eigenvalue weighted by Crippen LogP contribution is 2.28. The number of amides is 1. The number of benzene rings is 2. The Morgan fingerprint density at radius 1 is 1.00 bits per heavy atom. The molecule has 0 unspecified atom stereocenters. The Hall–Kier alpha value is -3.30. The third-order valence-corrected chi connectivity index (χ3v) is 6.49. The fraction of sp³-hybridized carbons (Fsp3) is 0.320. The zero-order chi connectivity index (χ0) is 24.6. The lowest BCUT2D eigenvalue weighted by Gasteiger charge is -2.13. The van der Waals surface area contributed by atoms with Gasteiger partial charge in [0.2, 0.25) is 10.0 Å². The predicted octanol–water partition coefficient (Wildman–Crippen LogP) is 3.84. The predicted molar refractivity (Wildman–Crippen MR) is 129 cm³/mol. The van der Waals surface area contributed by atoms with Crippen molar-refractivity contribution in [1.82, 2.24) is 10.0 Å². The van der Waals surface area contributed by atoms with Gasteiger partial charge >= 0.3 is 0 Å². The van der Waals surface area contributed by atoms with Gasteiger partial charge in [-0.05, 0) is 74.7 Å². The molecular weight excluding hydrogens is 456 g/mol. The number of hydrogen-bond acceptors (Lipinski definition) is 6. The molecule has 0 fully saturated rings. The van der Waals surface area contributed by atoms with Gasteiger partial charge < -0.3 is 19.2 Å². The van der Waals surface area contributed by atoms with E-state index >= 15 is 0 Å². The van der Waals surface area contributed by atoms with Crippen LogP contribution in [0.25, 0.3) is 0 Å². The van der Waals surface area contributed by atoms with Crippen molar-refractivity contribution in [3.63, 3.8) is 0 Å². The first-order valence-electron chi connectivity index (χ1n) is 11.1. The fourth-order valence-corrected chi connectivity index (χ4v) is 4.36. The molecule has 0 atom stereocenters. The number of furan rings is 1. The summed E-state index contributed by atoms with van der Waals surface area (Å²) in [6, 6.07) is 13.6. The fourth-order valence-electron chi connectivity index (χ4n) is 3.34. The van der Waals surface area contributed by atoms with Crippen molar-refractivity contribution < 1.29 is 27.1 Å². The summed E-state index contributed by atoms with van der Waals surface area (Å²) in [4.78, 5) is 12.8. The van der Waals surface area contributed by atoms with Crippen LogP contribution in [0.15, 0.2) is 64.1 Å². The van der Waals surface area contributed by atoms with E-state index in [2.05, 4.69) is 10.0 Å². The second-order valence-electron chi connectivity index (χ2n) is 7.53. The third kappa shape index (κ3) is 6.61. The zero-order valence-electron chi connectivity index (χ0n) is 19.6. The third-order valence-electron chi connectivity index (χ3n) is 5.09. The SMILES string of the molecule is CCOc1ccc(CCNC(=O)c2cc(S(=O)(=O)NCc3ccco3)ccc2C)cc1OCC. The summed E-state index contributed by atoms with van der Waals surface area (Å²) in [5.74, 6) is 1.52. The van der Waals surface area contributed by atoms with E-state index in [4.69, 9.17) is 13.9 Å². The average Bonchev–Trinajstić information content (AvgIpc) is 3.34. The summed E-state index contributed by atoms with van der Waals surface area (Å²) in [7, 11) is -3.81. The van der Waals surface area contributed by atoms with Crippen LogP contribution >= 0.6 is 0 Å². The number of carbonyl (C=O) groups is 1. The maximum absolute atomic E-state index is 12.8. The molecule has 1 amide bonds. The van der Waals surface area contributed by atoms with Gasteiger partial charge in [0.25, 0.3) is 5.91 Å². The Balaban J connectivity index is 1.64. The molecule has 3 rings (SSSR count). The maximum atomic E-state index is 12.8. The van der Waals surface area contributed by atoms with E-state index in [1.54, 1.807) is 25.1 Å². The van der Waals surface area contributed by atoms with Gasteiger partial charge in [-0.2, -0.15) is 0 Å². The van der Waals surface area contributed by atoms with Crippen molar-refractivity contribution in [3.05, 3.63) is 77.2 Å².